The lowest BCUT2D eigenvalue weighted by molar-refractivity contribution is -0.135. The van der Waals surface area contributed by atoms with Gasteiger partial charge in [-0.2, -0.15) is 5.26 Å². The molecule has 4 rings (SSSR count). The number of nitriles is 1. The quantitative estimate of drug-likeness (QED) is 0.817. The van der Waals surface area contributed by atoms with E-state index in [1.807, 2.05) is 0 Å². The molecule has 8 nitrogen and oxygen atoms in total. The van der Waals surface area contributed by atoms with E-state index in [4.69, 9.17) is 14.6 Å². The molecule has 4 atom stereocenters. The van der Waals surface area contributed by atoms with Crippen molar-refractivity contribution in [1.82, 2.24) is 5.01 Å². The molecule has 0 saturated heterocycles. The zero-order valence-electron chi connectivity index (χ0n) is 15.1. The molecule has 0 aromatic heterocycles. The number of benzene rings is 1. The fraction of sp³-hybridized carbons (Fsp3) is 0.526. The summed E-state index contributed by atoms with van der Waals surface area (Å²) in [5, 5.41) is 34.7. The number of hydrogen-bond donors (Lipinski definition) is 2. The predicted molar refractivity (Wildman–Crippen MR) is 93.5 cm³/mol. The van der Waals surface area contributed by atoms with Gasteiger partial charge in [0.1, 0.15) is 17.5 Å². The topological polar surface area (TPSA) is 115 Å². The number of hydrogen-bond acceptors (Lipinski definition) is 7. The molecule has 0 radical (unpaired) electrons. The molecule has 2 heterocycles. The highest BCUT2D eigenvalue weighted by Crippen LogP contribution is 2.48. The van der Waals surface area contributed by atoms with Crippen molar-refractivity contribution in [2.24, 2.45) is 16.9 Å². The number of ether oxygens (including phenoxy) is 2. The average Bonchev–Trinajstić information content (AvgIpc) is 3.43. The van der Waals surface area contributed by atoms with Gasteiger partial charge in [0.05, 0.1) is 30.7 Å². The molecule has 1 aromatic carbocycles. The van der Waals surface area contributed by atoms with Gasteiger partial charge in [-0.1, -0.05) is 0 Å². The van der Waals surface area contributed by atoms with Crippen molar-refractivity contribution in [3.8, 4) is 11.8 Å². The highest BCUT2D eigenvalue weighted by molar-refractivity contribution is 5.96. The summed E-state index contributed by atoms with van der Waals surface area (Å²) in [5.74, 6) is 0.526. The molecule has 27 heavy (non-hydrogen) atoms. The first kappa shape index (κ1) is 17.8. The van der Waals surface area contributed by atoms with Crippen LogP contribution in [0.1, 0.15) is 37.5 Å². The van der Waals surface area contributed by atoms with Gasteiger partial charge >= 0.3 is 0 Å². The van der Waals surface area contributed by atoms with Crippen LogP contribution in [0.25, 0.3) is 0 Å². The summed E-state index contributed by atoms with van der Waals surface area (Å²) in [5.41, 5.74) is 0.112. The molecule has 1 amide bonds. The molecule has 1 aromatic rings. The second-order valence-electron chi connectivity index (χ2n) is 7.63. The van der Waals surface area contributed by atoms with Crippen molar-refractivity contribution in [3.63, 3.8) is 0 Å². The normalized spacial score (nSPS) is 30.4. The van der Waals surface area contributed by atoms with Crippen LogP contribution in [-0.2, 0) is 9.53 Å². The first-order valence-electron chi connectivity index (χ1n) is 8.94. The number of nitrogens with zero attached hydrogens (tertiary/aromatic N) is 3. The Hall–Kier alpha value is -2.63. The average molecular weight is 371 g/mol. The minimum absolute atomic E-state index is 0.103. The maximum Gasteiger partial charge on any atom is 0.246 e. The standard InChI is InChI=1S/C19H21N3O5/c1-19(2)16(24)15(13-7-10(9-20)3-4-14(13)27-19)26-17-11-8-12(11)18(25)22(21-17)5-6-23/h3-4,7,11-12,15-16,23-24H,5-6,8H2,1-2H3/t11-,12+,15-,16+/m1/s1. The van der Waals surface area contributed by atoms with E-state index in [-0.39, 0.29) is 30.9 Å². The van der Waals surface area contributed by atoms with E-state index in [1.165, 1.54) is 5.01 Å². The third-order valence-electron chi connectivity index (χ3n) is 5.28. The van der Waals surface area contributed by atoms with Crippen molar-refractivity contribution in [2.75, 3.05) is 13.2 Å². The molecule has 0 unspecified atom stereocenters. The highest BCUT2D eigenvalue weighted by atomic mass is 16.5. The van der Waals surface area contributed by atoms with Crippen LogP contribution in [0.4, 0.5) is 0 Å². The number of aliphatic hydroxyl groups is 2. The molecule has 1 aliphatic carbocycles. The third kappa shape index (κ3) is 2.93. The maximum absolute atomic E-state index is 12.2. The van der Waals surface area contributed by atoms with Crippen molar-refractivity contribution in [2.45, 2.75) is 38.1 Å². The van der Waals surface area contributed by atoms with Crippen LogP contribution in [0, 0.1) is 23.2 Å². The van der Waals surface area contributed by atoms with E-state index in [9.17, 15) is 15.2 Å². The Balaban J connectivity index is 1.70. The minimum Gasteiger partial charge on any atom is -0.485 e. The fourth-order valence-corrected chi connectivity index (χ4v) is 3.61. The summed E-state index contributed by atoms with van der Waals surface area (Å²) in [4.78, 5) is 12.2. The molecular formula is C19H21N3O5. The van der Waals surface area contributed by atoms with E-state index in [0.717, 1.165) is 0 Å². The first-order valence-corrected chi connectivity index (χ1v) is 8.94. The number of fused-ring (bicyclic) bond motifs is 2. The summed E-state index contributed by atoms with van der Waals surface area (Å²) < 4.78 is 12.0. The molecule has 0 spiro atoms. The van der Waals surface area contributed by atoms with E-state index >= 15 is 0 Å². The number of amides is 1. The lowest BCUT2D eigenvalue weighted by Crippen LogP contribution is -2.50. The lowest BCUT2D eigenvalue weighted by Gasteiger charge is -2.42. The second-order valence-corrected chi connectivity index (χ2v) is 7.63. The van der Waals surface area contributed by atoms with Crippen molar-refractivity contribution < 1.29 is 24.5 Å². The third-order valence-corrected chi connectivity index (χ3v) is 5.28. The van der Waals surface area contributed by atoms with Gasteiger partial charge in [-0.15, -0.1) is 5.10 Å². The number of aliphatic hydroxyl groups excluding tert-OH is 2. The Morgan fingerprint density at radius 1 is 1.44 bits per heavy atom. The largest absolute Gasteiger partial charge is 0.485 e. The van der Waals surface area contributed by atoms with Crippen LogP contribution in [0.2, 0.25) is 0 Å². The molecule has 2 N–H and O–H groups in total. The van der Waals surface area contributed by atoms with Gasteiger partial charge in [0.25, 0.3) is 0 Å². The monoisotopic (exact) mass is 371 g/mol. The molecule has 1 saturated carbocycles. The molecular weight excluding hydrogens is 350 g/mol. The SMILES string of the molecule is CC1(C)Oc2ccc(C#N)cc2[C@@H](OC2=NN(CCO)C(=O)[C@H]3C[C@@H]23)[C@@H]1O. The Morgan fingerprint density at radius 2 is 2.22 bits per heavy atom. The molecule has 0 bridgehead atoms. The Bertz CT molecular complexity index is 859. The molecule has 2 aliphatic heterocycles. The van der Waals surface area contributed by atoms with Crippen molar-refractivity contribution in [3.05, 3.63) is 29.3 Å². The zero-order valence-corrected chi connectivity index (χ0v) is 15.1. The molecule has 8 heteroatoms. The zero-order chi connectivity index (χ0) is 19.3. The van der Waals surface area contributed by atoms with Crippen molar-refractivity contribution in [1.29, 1.82) is 5.26 Å². The number of rotatable bonds is 3. The summed E-state index contributed by atoms with van der Waals surface area (Å²) in [7, 11) is 0. The van der Waals surface area contributed by atoms with E-state index in [1.54, 1.807) is 32.0 Å². The Kier molecular flexibility index (Phi) is 4.09. The van der Waals surface area contributed by atoms with Gasteiger partial charge in [0, 0.05) is 11.5 Å². The van der Waals surface area contributed by atoms with Crippen LogP contribution in [0.3, 0.4) is 0 Å². The predicted octanol–water partition coefficient (Wildman–Crippen LogP) is 0.932. The number of carbonyl (C=O) groups is 1. The molecule has 3 aliphatic rings. The highest BCUT2D eigenvalue weighted by Gasteiger charge is 2.54. The summed E-state index contributed by atoms with van der Waals surface area (Å²) >= 11 is 0. The van der Waals surface area contributed by atoms with Crippen LogP contribution in [0.5, 0.6) is 5.75 Å². The van der Waals surface area contributed by atoms with Gasteiger partial charge < -0.3 is 19.7 Å². The maximum atomic E-state index is 12.2. The smallest absolute Gasteiger partial charge is 0.246 e. The minimum atomic E-state index is -0.997. The van der Waals surface area contributed by atoms with Gasteiger partial charge in [-0.25, -0.2) is 5.01 Å². The molecule has 1 fully saturated rings. The summed E-state index contributed by atoms with van der Waals surface area (Å²) in [6.07, 6.45) is -1.13. The van der Waals surface area contributed by atoms with Gasteiger partial charge in [0.15, 0.2) is 6.10 Å². The summed E-state index contributed by atoms with van der Waals surface area (Å²) in [6, 6.07) is 7.07. The van der Waals surface area contributed by atoms with Crippen LogP contribution < -0.4 is 4.74 Å². The van der Waals surface area contributed by atoms with Gasteiger partial charge in [-0.05, 0) is 38.5 Å². The van der Waals surface area contributed by atoms with Gasteiger partial charge in [0.2, 0.25) is 11.8 Å². The number of hydrazone groups is 1. The van der Waals surface area contributed by atoms with Crippen molar-refractivity contribution >= 4 is 11.8 Å². The van der Waals surface area contributed by atoms with Crippen LogP contribution >= 0.6 is 0 Å². The number of carbonyl (C=O) groups excluding carboxylic acids is 1. The van der Waals surface area contributed by atoms with E-state index < -0.39 is 17.8 Å². The Morgan fingerprint density at radius 3 is 2.93 bits per heavy atom. The fourth-order valence-electron chi connectivity index (χ4n) is 3.61. The number of β-amino-alcohol motifs (C(OH)–C–C–N with tert-alkyl or cyclic N) is 1. The van der Waals surface area contributed by atoms with Crippen LogP contribution in [0.15, 0.2) is 23.3 Å². The van der Waals surface area contributed by atoms with Gasteiger partial charge in [-0.3, -0.25) is 4.79 Å². The van der Waals surface area contributed by atoms with E-state index in [2.05, 4.69) is 11.2 Å². The first-order chi connectivity index (χ1) is 12.9. The van der Waals surface area contributed by atoms with Crippen LogP contribution in [-0.4, -0.2) is 51.9 Å². The molecule has 142 valence electrons. The van der Waals surface area contributed by atoms with E-state index in [0.29, 0.717) is 29.2 Å². The summed E-state index contributed by atoms with van der Waals surface area (Å²) in [6.45, 7) is 3.44. The Labute approximate surface area is 156 Å². The second kappa shape index (κ2) is 6.22. The lowest BCUT2D eigenvalue weighted by atomic mass is 9.87.